The van der Waals surface area contributed by atoms with E-state index in [0.29, 0.717) is 6.54 Å². The van der Waals surface area contributed by atoms with E-state index in [2.05, 4.69) is 26.0 Å². The van der Waals surface area contributed by atoms with Crippen LogP contribution in [-0.2, 0) is 5.41 Å². The molecular weight excluding hydrogens is 272 g/mol. The Bertz CT molecular complexity index is 719. The highest BCUT2D eigenvalue weighted by Gasteiger charge is 2.36. The summed E-state index contributed by atoms with van der Waals surface area (Å²) < 4.78 is 0. The summed E-state index contributed by atoms with van der Waals surface area (Å²) in [6.07, 6.45) is 0. The van der Waals surface area contributed by atoms with Crippen LogP contribution in [-0.4, -0.2) is 18.5 Å². The standard InChI is InChI=1S/C19H22N2O/c1-13(20)12-21-17-11-7-6-10-16(17)19(2,3)15-9-5-4-8-14(15)18(21)22/h4-11,13H,12,20H2,1-3H3/t13-/m1/s1. The van der Waals surface area contributed by atoms with E-state index < -0.39 is 0 Å². The second-order valence-electron chi connectivity index (χ2n) is 6.58. The van der Waals surface area contributed by atoms with E-state index in [-0.39, 0.29) is 17.4 Å². The normalized spacial score (nSPS) is 17.5. The Morgan fingerprint density at radius 1 is 1.05 bits per heavy atom. The highest BCUT2D eigenvalue weighted by molar-refractivity contribution is 6.09. The SMILES string of the molecule is C[C@@H](N)CN1C(=O)c2ccccc2C(C)(C)c2ccccc21. The first-order valence-electron chi connectivity index (χ1n) is 7.69. The summed E-state index contributed by atoms with van der Waals surface area (Å²) in [4.78, 5) is 14.9. The van der Waals surface area contributed by atoms with Crippen LogP contribution in [0, 0.1) is 0 Å². The molecule has 0 aliphatic carbocycles. The van der Waals surface area contributed by atoms with Crippen molar-refractivity contribution in [2.75, 3.05) is 11.4 Å². The Labute approximate surface area is 131 Å². The lowest BCUT2D eigenvalue weighted by Gasteiger charge is -2.29. The fourth-order valence-electron chi connectivity index (χ4n) is 3.32. The number of nitrogens with two attached hydrogens (primary N) is 1. The van der Waals surface area contributed by atoms with Gasteiger partial charge in [-0.3, -0.25) is 4.79 Å². The van der Waals surface area contributed by atoms with Crippen LogP contribution in [0.5, 0.6) is 0 Å². The fourth-order valence-corrected chi connectivity index (χ4v) is 3.32. The van der Waals surface area contributed by atoms with Crippen LogP contribution in [0.3, 0.4) is 0 Å². The number of hydrogen-bond acceptors (Lipinski definition) is 2. The Hall–Kier alpha value is -2.13. The number of rotatable bonds is 2. The lowest BCUT2D eigenvalue weighted by molar-refractivity contribution is 0.0985. The summed E-state index contributed by atoms with van der Waals surface area (Å²) in [5, 5.41) is 0. The van der Waals surface area contributed by atoms with Crippen LogP contribution in [0.4, 0.5) is 5.69 Å². The molecule has 22 heavy (non-hydrogen) atoms. The van der Waals surface area contributed by atoms with Gasteiger partial charge in [0.15, 0.2) is 0 Å². The second-order valence-corrected chi connectivity index (χ2v) is 6.58. The molecule has 0 unspecified atom stereocenters. The minimum absolute atomic E-state index is 0.0333. The Morgan fingerprint density at radius 3 is 2.32 bits per heavy atom. The largest absolute Gasteiger partial charge is 0.326 e. The molecule has 3 heteroatoms. The van der Waals surface area contributed by atoms with Crippen molar-refractivity contribution in [2.24, 2.45) is 5.73 Å². The number of nitrogens with zero attached hydrogens (tertiary/aromatic N) is 1. The first-order chi connectivity index (χ1) is 10.4. The van der Waals surface area contributed by atoms with Crippen molar-refractivity contribution in [1.82, 2.24) is 0 Å². The minimum atomic E-state index is -0.227. The summed E-state index contributed by atoms with van der Waals surface area (Å²) in [7, 11) is 0. The van der Waals surface area contributed by atoms with E-state index in [0.717, 1.165) is 22.4 Å². The van der Waals surface area contributed by atoms with Gasteiger partial charge >= 0.3 is 0 Å². The first-order valence-corrected chi connectivity index (χ1v) is 7.69. The van der Waals surface area contributed by atoms with Gasteiger partial charge in [-0.15, -0.1) is 0 Å². The van der Waals surface area contributed by atoms with Crippen molar-refractivity contribution in [3.05, 3.63) is 65.2 Å². The van der Waals surface area contributed by atoms with E-state index >= 15 is 0 Å². The third kappa shape index (κ3) is 2.22. The van der Waals surface area contributed by atoms with Gasteiger partial charge in [0.1, 0.15) is 0 Å². The molecule has 0 spiro atoms. The summed E-state index contributed by atoms with van der Waals surface area (Å²) in [6, 6.07) is 16.0. The van der Waals surface area contributed by atoms with Crippen LogP contribution in [0.15, 0.2) is 48.5 Å². The van der Waals surface area contributed by atoms with Gasteiger partial charge in [0.2, 0.25) is 0 Å². The topological polar surface area (TPSA) is 46.3 Å². The molecule has 3 rings (SSSR count). The Balaban J connectivity index is 2.30. The molecule has 0 saturated heterocycles. The van der Waals surface area contributed by atoms with Crippen LogP contribution in [0.25, 0.3) is 0 Å². The summed E-state index contributed by atoms with van der Waals surface area (Å²) in [5.74, 6) is 0.0333. The van der Waals surface area contributed by atoms with Crippen molar-refractivity contribution in [2.45, 2.75) is 32.2 Å². The van der Waals surface area contributed by atoms with E-state index in [4.69, 9.17) is 5.73 Å². The Kier molecular flexibility index (Phi) is 3.53. The maximum Gasteiger partial charge on any atom is 0.258 e. The monoisotopic (exact) mass is 294 g/mol. The molecule has 114 valence electrons. The lowest BCUT2D eigenvalue weighted by atomic mass is 9.76. The van der Waals surface area contributed by atoms with Crippen molar-refractivity contribution in [1.29, 1.82) is 0 Å². The maximum atomic E-state index is 13.1. The van der Waals surface area contributed by atoms with Gasteiger partial charge < -0.3 is 10.6 Å². The molecule has 2 aromatic carbocycles. The maximum absolute atomic E-state index is 13.1. The van der Waals surface area contributed by atoms with E-state index in [1.165, 1.54) is 0 Å². The number of carbonyl (C=O) groups is 1. The summed E-state index contributed by atoms with van der Waals surface area (Å²) >= 11 is 0. The average Bonchev–Trinajstić information content (AvgIpc) is 2.57. The fraction of sp³-hybridized carbons (Fsp3) is 0.316. The number of anilines is 1. The number of para-hydroxylation sites is 1. The Morgan fingerprint density at radius 2 is 1.64 bits per heavy atom. The van der Waals surface area contributed by atoms with Gasteiger partial charge in [-0.25, -0.2) is 0 Å². The van der Waals surface area contributed by atoms with Gasteiger partial charge in [-0.1, -0.05) is 50.2 Å². The molecule has 2 N–H and O–H groups in total. The highest BCUT2D eigenvalue weighted by atomic mass is 16.2. The summed E-state index contributed by atoms with van der Waals surface area (Å²) in [5.41, 5.74) is 9.72. The van der Waals surface area contributed by atoms with E-state index in [9.17, 15) is 4.79 Å². The molecule has 2 aromatic rings. The molecule has 1 aliphatic rings. The van der Waals surface area contributed by atoms with Gasteiger partial charge in [-0.2, -0.15) is 0 Å². The third-order valence-corrected chi connectivity index (χ3v) is 4.41. The lowest BCUT2D eigenvalue weighted by Crippen LogP contribution is -2.40. The predicted molar refractivity (Wildman–Crippen MR) is 90.3 cm³/mol. The van der Waals surface area contributed by atoms with Gasteiger partial charge in [0.05, 0.1) is 0 Å². The zero-order chi connectivity index (χ0) is 15.9. The van der Waals surface area contributed by atoms with Gasteiger partial charge in [0, 0.05) is 29.3 Å². The molecule has 0 fully saturated rings. The van der Waals surface area contributed by atoms with Crippen molar-refractivity contribution < 1.29 is 4.79 Å². The molecule has 0 aromatic heterocycles. The van der Waals surface area contributed by atoms with Crippen LogP contribution in [0.1, 0.15) is 42.3 Å². The first kappa shape index (κ1) is 14.8. The third-order valence-electron chi connectivity index (χ3n) is 4.41. The van der Waals surface area contributed by atoms with Crippen LogP contribution >= 0.6 is 0 Å². The van der Waals surface area contributed by atoms with Crippen molar-refractivity contribution >= 4 is 11.6 Å². The quantitative estimate of drug-likeness (QED) is 0.923. The van der Waals surface area contributed by atoms with E-state index in [1.807, 2.05) is 48.2 Å². The van der Waals surface area contributed by atoms with Crippen LogP contribution in [0.2, 0.25) is 0 Å². The van der Waals surface area contributed by atoms with Gasteiger partial charge in [-0.05, 0) is 30.2 Å². The summed E-state index contributed by atoms with van der Waals surface area (Å²) in [6.45, 7) is 6.79. The number of amides is 1. The number of hydrogen-bond donors (Lipinski definition) is 1. The molecule has 0 saturated carbocycles. The molecular formula is C19H22N2O. The molecule has 1 amide bonds. The highest BCUT2D eigenvalue weighted by Crippen LogP contribution is 2.42. The number of carbonyl (C=O) groups excluding carboxylic acids is 1. The average molecular weight is 294 g/mol. The molecule has 1 aliphatic heterocycles. The van der Waals surface area contributed by atoms with Gasteiger partial charge in [0.25, 0.3) is 5.91 Å². The second kappa shape index (κ2) is 5.25. The smallest absolute Gasteiger partial charge is 0.258 e. The van der Waals surface area contributed by atoms with Crippen molar-refractivity contribution in [3.63, 3.8) is 0 Å². The van der Waals surface area contributed by atoms with E-state index in [1.54, 1.807) is 0 Å². The predicted octanol–water partition coefficient (Wildman–Crippen LogP) is 3.32. The zero-order valence-corrected chi connectivity index (χ0v) is 13.3. The van der Waals surface area contributed by atoms with Crippen molar-refractivity contribution in [3.8, 4) is 0 Å². The zero-order valence-electron chi connectivity index (χ0n) is 13.3. The van der Waals surface area contributed by atoms with Crippen LogP contribution < -0.4 is 10.6 Å². The molecule has 0 radical (unpaired) electrons. The molecule has 1 heterocycles. The molecule has 1 atom stereocenters. The molecule has 0 bridgehead atoms. The minimum Gasteiger partial charge on any atom is -0.326 e. The number of fused-ring (bicyclic) bond motifs is 2. The number of benzene rings is 2. The molecule has 3 nitrogen and oxygen atoms in total.